The summed E-state index contributed by atoms with van der Waals surface area (Å²) in [6.07, 6.45) is 1.45. The molecule has 0 fully saturated rings. The molecule has 1 atom stereocenters. The number of thiazole rings is 1. The van der Waals surface area contributed by atoms with Gasteiger partial charge in [0.2, 0.25) is 10.8 Å². The van der Waals surface area contributed by atoms with Crippen LogP contribution in [0.25, 0.3) is 4.96 Å². The molecule has 0 radical (unpaired) electrons. The molecule has 2 aromatic heterocycles. The molecule has 0 aliphatic heterocycles. The lowest BCUT2D eigenvalue weighted by Crippen LogP contribution is -2.28. The maximum absolute atomic E-state index is 10.5. The van der Waals surface area contributed by atoms with Gasteiger partial charge in [0.05, 0.1) is 10.9 Å². The van der Waals surface area contributed by atoms with Crippen LogP contribution < -0.4 is 0 Å². The van der Waals surface area contributed by atoms with Crippen molar-refractivity contribution in [1.29, 1.82) is 0 Å². The van der Waals surface area contributed by atoms with Crippen molar-refractivity contribution in [3.05, 3.63) is 46.1 Å². The average molecular weight is 337 g/mol. The van der Waals surface area contributed by atoms with Gasteiger partial charge in [-0.15, -0.1) is 0 Å². The minimum absolute atomic E-state index is 0.0410. The first kappa shape index (κ1) is 15.3. The number of rotatable bonds is 5. The Morgan fingerprint density at radius 1 is 1.27 bits per heavy atom. The van der Waals surface area contributed by atoms with Crippen LogP contribution in [0.2, 0.25) is 5.02 Å². The monoisotopic (exact) mass is 336 g/mol. The van der Waals surface area contributed by atoms with Crippen molar-refractivity contribution in [1.82, 2.24) is 19.5 Å². The molecule has 3 rings (SSSR count). The summed E-state index contributed by atoms with van der Waals surface area (Å²) >= 11 is 7.46. The van der Waals surface area contributed by atoms with Crippen molar-refractivity contribution >= 4 is 27.9 Å². The Balaban J connectivity index is 2.13. The molecule has 0 saturated carbocycles. The predicted molar refractivity (Wildman–Crippen MR) is 88.7 cm³/mol. The summed E-state index contributed by atoms with van der Waals surface area (Å²) in [6, 6.07) is 7.71. The number of hydrogen-bond acceptors (Lipinski definition) is 5. The van der Waals surface area contributed by atoms with Gasteiger partial charge in [-0.3, -0.25) is 4.90 Å². The zero-order valence-corrected chi connectivity index (χ0v) is 14.0. The third-order valence-corrected chi connectivity index (χ3v) is 5.09. The van der Waals surface area contributed by atoms with E-state index in [1.54, 1.807) is 0 Å². The molecule has 0 aliphatic carbocycles. The van der Waals surface area contributed by atoms with Crippen molar-refractivity contribution in [2.24, 2.45) is 0 Å². The molecule has 0 aliphatic rings. The van der Waals surface area contributed by atoms with E-state index in [0.29, 0.717) is 9.98 Å². The quantitative estimate of drug-likeness (QED) is 0.773. The summed E-state index contributed by atoms with van der Waals surface area (Å²) in [4.78, 5) is 8.00. The first-order valence-electron chi connectivity index (χ1n) is 7.16. The standard InChI is InChI=1S/C15H17ClN4OS/c1-3-19(4-2)12(10-5-7-11(16)8-6-10)13-14(21)20-15(22-13)17-9-18-20/h5-9,12,21H,3-4H2,1-2H3. The average Bonchev–Trinajstić information content (AvgIpc) is 3.10. The lowest BCUT2D eigenvalue weighted by Gasteiger charge is -2.29. The Morgan fingerprint density at radius 2 is 1.95 bits per heavy atom. The van der Waals surface area contributed by atoms with Gasteiger partial charge >= 0.3 is 0 Å². The molecular weight excluding hydrogens is 320 g/mol. The van der Waals surface area contributed by atoms with Gasteiger partial charge in [0, 0.05) is 5.02 Å². The highest BCUT2D eigenvalue weighted by Gasteiger charge is 2.27. The van der Waals surface area contributed by atoms with E-state index < -0.39 is 0 Å². The van der Waals surface area contributed by atoms with Crippen molar-refractivity contribution in [3.63, 3.8) is 0 Å². The smallest absolute Gasteiger partial charge is 0.230 e. The lowest BCUT2D eigenvalue weighted by molar-refractivity contribution is 0.248. The maximum atomic E-state index is 10.5. The number of halogens is 1. The van der Waals surface area contributed by atoms with E-state index in [-0.39, 0.29) is 11.9 Å². The molecule has 0 saturated heterocycles. The molecule has 2 heterocycles. The second-order valence-corrected chi connectivity index (χ2v) is 6.37. The molecule has 3 aromatic rings. The molecule has 1 unspecified atom stereocenters. The highest BCUT2D eigenvalue weighted by Crippen LogP contribution is 2.39. The Morgan fingerprint density at radius 3 is 2.55 bits per heavy atom. The fourth-order valence-electron chi connectivity index (χ4n) is 2.63. The lowest BCUT2D eigenvalue weighted by atomic mass is 10.0. The second kappa shape index (κ2) is 6.24. The van der Waals surface area contributed by atoms with Gasteiger partial charge in [-0.1, -0.05) is 48.9 Å². The highest BCUT2D eigenvalue weighted by atomic mass is 35.5. The van der Waals surface area contributed by atoms with E-state index in [2.05, 4.69) is 28.8 Å². The fraction of sp³-hybridized carbons (Fsp3) is 0.333. The molecule has 0 spiro atoms. The molecule has 22 heavy (non-hydrogen) atoms. The van der Waals surface area contributed by atoms with Crippen LogP contribution in [0.5, 0.6) is 5.88 Å². The van der Waals surface area contributed by atoms with Gasteiger partial charge in [-0.25, -0.2) is 4.98 Å². The van der Waals surface area contributed by atoms with Gasteiger partial charge in [-0.2, -0.15) is 9.61 Å². The molecule has 1 aromatic carbocycles. The number of fused-ring (bicyclic) bond motifs is 1. The second-order valence-electron chi connectivity index (χ2n) is 4.92. The Kier molecular flexibility index (Phi) is 4.33. The van der Waals surface area contributed by atoms with Crippen molar-refractivity contribution in [2.75, 3.05) is 13.1 Å². The fourth-order valence-corrected chi connectivity index (χ4v) is 3.85. The molecule has 0 amide bonds. The topological polar surface area (TPSA) is 53.7 Å². The molecule has 7 heteroatoms. The maximum Gasteiger partial charge on any atom is 0.230 e. The van der Waals surface area contributed by atoms with Crippen molar-refractivity contribution in [2.45, 2.75) is 19.9 Å². The summed E-state index contributed by atoms with van der Waals surface area (Å²) in [5.41, 5.74) is 1.09. The van der Waals surface area contributed by atoms with Crippen LogP contribution in [0.3, 0.4) is 0 Å². The number of aromatic nitrogens is 3. The van der Waals surface area contributed by atoms with E-state index in [0.717, 1.165) is 23.5 Å². The zero-order valence-electron chi connectivity index (χ0n) is 12.4. The van der Waals surface area contributed by atoms with E-state index in [9.17, 15) is 5.11 Å². The largest absolute Gasteiger partial charge is 0.492 e. The van der Waals surface area contributed by atoms with Crippen LogP contribution in [0.4, 0.5) is 0 Å². The third kappa shape index (κ3) is 2.58. The van der Waals surface area contributed by atoms with Crippen molar-refractivity contribution in [3.8, 4) is 5.88 Å². The van der Waals surface area contributed by atoms with Gasteiger partial charge in [-0.05, 0) is 30.8 Å². The van der Waals surface area contributed by atoms with E-state index in [1.165, 1.54) is 22.2 Å². The SMILES string of the molecule is CCN(CC)C(c1ccc(Cl)cc1)c1sc2ncnn2c1O. The molecule has 1 N–H and O–H groups in total. The molecular formula is C15H17ClN4OS. The summed E-state index contributed by atoms with van der Waals surface area (Å²) in [7, 11) is 0. The van der Waals surface area contributed by atoms with Crippen molar-refractivity contribution < 1.29 is 5.11 Å². The Bertz CT molecular complexity index is 764. The van der Waals surface area contributed by atoms with E-state index in [4.69, 9.17) is 11.6 Å². The van der Waals surface area contributed by atoms with Gasteiger partial charge in [0.25, 0.3) is 0 Å². The Labute approximate surface area is 137 Å². The number of nitrogens with zero attached hydrogens (tertiary/aromatic N) is 4. The van der Waals surface area contributed by atoms with Crippen LogP contribution in [0.1, 0.15) is 30.3 Å². The third-order valence-electron chi connectivity index (χ3n) is 3.75. The zero-order chi connectivity index (χ0) is 15.7. The summed E-state index contributed by atoms with van der Waals surface area (Å²) in [5.74, 6) is 0.157. The summed E-state index contributed by atoms with van der Waals surface area (Å²) in [5, 5.41) is 15.3. The van der Waals surface area contributed by atoms with Crippen LogP contribution in [-0.4, -0.2) is 37.7 Å². The van der Waals surface area contributed by atoms with Crippen LogP contribution in [-0.2, 0) is 0 Å². The van der Waals surface area contributed by atoms with Gasteiger partial charge < -0.3 is 5.11 Å². The summed E-state index contributed by atoms with van der Waals surface area (Å²) < 4.78 is 1.48. The molecule has 5 nitrogen and oxygen atoms in total. The Hall–Kier alpha value is -1.63. The van der Waals surface area contributed by atoms with Gasteiger partial charge in [0.15, 0.2) is 0 Å². The number of benzene rings is 1. The first-order chi connectivity index (χ1) is 10.7. The summed E-state index contributed by atoms with van der Waals surface area (Å²) in [6.45, 7) is 5.97. The highest BCUT2D eigenvalue weighted by molar-refractivity contribution is 7.17. The molecule has 0 bridgehead atoms. The van der Waals surface area contributed by atoms with Gasteiger partial charge in [0.1, 0.15) is 6.33 Å². The minimum atomic E-state index is -0.0410. The van der Waals surface area contributed by atoms with E-state index in [1.807, 2.05) is 24.3 Å². The van der Waals surface area contributed by atoms with Crippen LogP contribution >= 0.6 is 22.9 Å². The first-order valence-corrected chi connectivity index (χ1v) is 8.36. The van der Waals surface area contributed by atoms with Crippen LogP contribution in [0, 0.1) is 0 Å². The number of hydrogen-bond donors (Lipinski definition) is 1. The minimum Gasteiger partial charge on any atom is -0.492 e. The molecule has 116 valence electrons. The number of aromatic hydroxyl groups is 1. The predicted octanol–water partition coefficient (Wildman–Crippen LogP) is 3.58. The van der Waals surface area contributed by atoms with Crippen LogP contribution in [0.15, 0.2) is 30.6 Å². The van der Waals surface area contributed by atoms with E-state index >= 15 is 0 Å². The normalized spacial score (nSPS) is 13.1.